The van der Waals surface area contributed by atoms with Gasteiger partial charge in [-0.1, -0.05) is 12.1 Å². The molecule has 2 aromatic rings. The molecule has 0 bridgehead atoms. The van der Waals surface area contributed by atoms with E-state index in [0.29, 0.717) is 17.9 Å². The van der Waals surface area contributed by atoms with Crippen molar-refractivity contribution in [2.75, 3.05) is 7.11 Å². The first-order valence-electron chi connectivity index (χ1n) is 6.04. The largest absolute Gasteiger partial charge is 0.481 e. The standard InChI is InChI=1S/C14H15F2N3O/c1-20-14-5-2-9(8-18-14)6-13(19-17)11-4-3-10(15)7-12(11)16/h2-5,7-8,13,19H,6,17H2,1H3. The zero-order valence-electron chi connectivity index (χ0n) is 10.9. The lowest BCUT2D eigenvalue weighted by atomic mass is 10.00. The third-order valence-electron chi connectivity index (χ3n) is 2.99. The molecular weight excluding hydrogens is 264 g/mol. The summed E-state index contributed by atoms with van der Waals surface area (Å²) in [7, 11) is 1.53. The summed E-state index contributed by atoms with van der Waals surface area (Å²) >= 11 is 0. The number of rotatable bonds is 5. The summed E-state index contributed by atoms with van der Waals surface area (Å²) in [5.74, 6) is 4.71. The van der Waals surface area contributed by atoms with Gasteiger partial charge in [-0.15, -0.1) is 0 Å². The lowest BCUT2D eigenvalue weighted by Gasteiger charge is -2.17. The van der Waals surface area contributed by atoms with Crippen LogP contribution in [-0.4, -0.2) is 12.1 Å². The van der Waals surface area contributed by atoms with Gasteiger partial charge in [-0.2, -0.15) is 0 Å². The SMILES string of the molecule is COc1ccc(CC(NN)c2ccc(F)cc2F)cn1. The maximum Gasteiger partial charge on any atom is 0.212 e. The molecule has 106 valence electrons. The minimum Gasteiger partial charge on any atom is -0.481 e. The van der Waals surface area contributed by atoms with Crippen molar-refractivity contribution >= 4 is 0 Å². The number of hydrazine groups is 1. The van der Waals surface area contributed by atoms with Gasteiger partial charge in [0.15, 0.2) is 0 Å². The molecule has 0 saturated heterocycles. The molecule has 1 atom stereocenters. The topological polar surface area (TPSA) is 60.2 Å². The smallest absolute Gasteiger partial charge is 0.212 e. The van der Waals surface area contributed by atoms with Crippen molar-refractivity contribution in [3.63, 3.8) is 0 Å². The minimum atomic E-state index is -0.630. The molecule has 4 nitrogen and oxygen atoms in total. The highest BCUT2D eigenvalue weighted by Gasteiger charge is 2.16. The quantitative estimate of drug-likeness (QED) is 0.650. The van der Waals surface area contributed by atoms with Gasteiger partial charge in [0.25, 0.3) is 0 Å². The van der Waals surface area contributed by atoms with Gasteiger partial charge in [-0.05, 0) is 18.1 Å². The Balaban J connectivity index is 2.19. The fourth-order valence-corrected chi connectivity index (χ4v) is 1.93. The summed E-state index contributed by atoms with van der Waals surface area (Å²) in [4.78, 5) is 4.07. The molecular formula is C14H15F2N3O. The van der Waals surface area contributed by atoms with Gasteiger partial charge in [-0.25, -0.2) is 13.8 Å². The summed E-state index contributed by atoms with van der Waals surface area (Å²) < 4.78 is 31.6. The fourth-order valence-electron chi connectivity index (χ4n) is 1.93. The first kappa shape index (κ1) is 14.4. The highest BCUT2D eigenvalue weighted by molar-refractivity contribution is 5.26. The Morgan fingerprint density at radius 1 is 1.30 bits per heavy atom. The van der Waals surface area contributed by atoms with E-state index in [-0.39, 0.29) is 0 Å². The molecule has 0 radical (unpaired) electrons. The van der Waals surface area contributed by atoms with Crippen molar-refractivity contribution in [2.45, 2.75) is 12.5 Å². The van der Waals surface area contributed by atoms with Gasteiger partial charge in [-0.3, -0.25) is 11.3 Å². The molecule has 2 rings (SSSR count). The number of nitrogens with two attached hydrogens (primary N) is 1. The highest BCUT2D eigenvalue weighted by atomic mass is 19.1. The van der Waals surface area contributed by atoms with E-state index in [2.05, 4.69) is 10.4 Å². The number of benzene rings is 1. The monoisotopic (exact) mass is 279 g/mol. The molecule has 0 amide bonds. The van der Waals surface area contributed by atoms with Gasteiger partial charge in [0.05, 0.1) is 13.2 Å². The van der Waals surface area contributed by atoms with Crippen LogP contribution in [0.4, 0.5) is 8.78 Å². The highest BCUT2D eigenvalue weighted by Crippen LogP contribution is 2.21. The van der Waals surface area contributed by atoms with Crippen LogP contribution < -0.4 is 16.0 Å². The van der Waals surface area contributed by atoms with Gasteiger partial charge < -0.3 is 4.74 Å². The van der Waals surface area contributed by atoms with Crippen LogP contribution in [0.1, 0.15) is 17.2 Å². The van der Waals surface area contributed by atoms with Crippen molar-refractivity contribution < 1.29 is 13.5 Å². The Kier molecular flexibility index (Phi) is 4.60. The Hall–Kier alpha value is -2.05. The zero-order valence-corrected chi connectivity index (χ0v) is 10.9. The molecule has 1 aromatic heterocycles. The van der Waals surface area contributed by atoms with Gasteiger partial charge in [0.2, 0.25) is 5.88 Å². The van der Waals surface area contributed by atoms with E-state index in [9.17, 15) is 8.78 Å². The molecule has 0 saturated carbocycles. The normalized spacial score (nSPS) is 12.2. The average molecular weight is 279 g/mol. The van der Waals surface area contributed by atoms with Gasteiger partial charge in [0, 0.05) is 23.9 Å². The summed E-state index contributed by atoms with van der Waals surface area (Å²) in [5, 5.41) is 0. The minimum absolute atomic E-state index is 0.310. The number of aromatic nitrogens is 1. The molecule has 0 aliphatic heterocycles. The molecule has 1 heterocycles. The van der Waals surface area contributed by atoms with Gasteiger partial charge >= 0.3 is 0 Å². The van der Waals surface area contributed by atoms with E-state index < -0.39 is 17.7 Å². The number of ether oxygens (including phenoxy) is 1. The van der Waals surface area contributed by atoms with Crippen LogP contribution in [0, 0.1) is 11.6 Å². The molecule has 1 unspecified atom stereocenters. The first-order chi connectivity index (χ1) is 9.63. The van der Waals surface area contributed by atoms with Crippen LogP contribution in [-0.2, 0) is 6.42 Å². The Bertz CT molecular complexity index is 575. The summed E-state index contributed by atoms with van der Waals surface area (Å²) in [6.45, 7) is 0. The zero-order chi connectivity index (χ0) is 14.5. The van der Waals surface area contributed by atoms with E-state index in [1.807, 2.05) is 6.07 Å². The van der Waals surface area contributed by atoms with Crippen LogP contribution in [0.2, 0.25) is 0 Å². The van der Waals surface area contributed by atoms with E-state index in [1.54, 1.807) is 12.3 Å². The molecule has 6 heteroatoms. The van der Waals surface area contributed by atoms with Crippen LogP contribution in [0.25, 0.3) is 0 Å². The number of pyridine rings is 1. The second kappa shape index (κ2) is 6.40. The average Bonchev–Trinajstić information content (AvgIpc) is 2.46. The summed E-state index contributed by atoms with van der Waals surface area (Å²) in [6, 6.07) is 6.49. The third-order valence-corrected chi connectivity index (χ3v) is 2.99. The van der Waals surface area contributed by atoms with E-state index in [1.165, 1.54) is 19.2 Å². The second-order valence-electron chi connectivity index (χ2n) is 4.30. The predicted molar refractivity (Wildman–Crippen MR) is 70.9 cm³/mol. The summed E-state index contributed by atoms with van der Waals surface area (Å²) in [5.41, 5.74) is 3.70. The third kappa shape index (κ3) is 3.28. The number of nitrogens with one attached hydrogen (secondary N) is 1. The molecule has 0 aliphatic rings. The lowest BCUT2D eigenvalue weighted by Crippen LogP contribution is -2.30. The maximum atomic E-state index is 13.7. The molecule has 0 fully saturated rings. The van der Waals surface area contributed by atoms with E-state index in [0.717, 1.165) is 11.6 Å². The number of halogens is 2. The molecule has 1 aromatic carbocycles. The molecule has 0 aliphatic carbocycles. The van der Waals surface area contributed by atoms with Crippen LogP contribution in [0.15, 0.2) is 36.5 Å². The molecule has 20 heavy (non-hydrogen) atoms. The molecule has 3 N–H and O–H groups in total. The predicted octanol–water partition coefficient (Wildman–Crippen LogP) is 2.12. The van der Waals surface area contributed by atoms with Gasteiger partial charge in [0.1, 0.15) is 11.6 Å². The van der Waals surface area contributed by atoms with Crippen molar-refractivity contribution in [2.24, 2.45) is 5.84 Å². The van der Waals surface area contributed by atoms with Crippen molar-refractivity contribution in [3.8, 4) is 5.88 Å². The lowest BCUT2D eigenvalue weighted by molar-refractivity contribution is 0.397. The number of nitrogens with zero attached hydrogens (tertiary/aromatic N) is 1. The Morgan fingerprint density at radius 3 is 2.65 bits per heavy atom. The summed E-state index contributed by atoms with van der Waals surface area (Å²) in [6.07, 6.45) is 2.06. The maximum absolute atomic E-state index is 13.7. The van der Waals surface area contributed by atoms with E-state index in [4.69, 9.17) is 10.6 Å². The number of hydrogen-bond donors (Lipinski definition) is 2. The van der Waals surface area contributed by atoms with Crippen molar-refractivity contribution in [3.05, 3.63) is 59.3 Å². The van der Waals surface area contributed by atoms with Crippen molar-refractivity contribution in [1.82, 2.24) is 10.4 Å². The van der Waals surface area contributed by atoms with Crippen molar-refractivity contribution in [1.29, 1.82) is 0 Å². The van der Waals surface area contributed by atoms with Crippen LogP contribution in [0.3, 0.4) is 0 Å². The second-order valence-corrected chi connectivity index (χ2v) is 4.30. The van der Waals surface area contributed by atoms with Crippen LogP contribution in [0.5, 0.6) is 5.88 Å². The Labute approximate surface area is 115 Å². The van der Waals surface area contributed by atoms with E-state index >= 15 is 0 Å². The number of methoxy groups -OCH3 is 1. The fraction of sp³-hybridized carbons (Fsp3) is 0.214. The first-order valence-corrected chi connectivity index (χ1v) is 6.04. The molecule has 0 spiro atoms. The Morgan fingerprint density at radius 2 is 2.10 bits per heavy atom. The number of hydrogen-bond acceptors (Lipinski definition) is 4. The van der Waals surface area contributed by atoms with Crippen LogP contribution >= 0.6 is 0 Å².